The zero-order valence-corrected chi connectivity index (χ0v) is 19.0. The van der Waals surface area contributed by atoms with Gasteiger partial charge in [-0.3, -0.25) is 4.79 Å². The summed E-state index contributed by atoms with van der Waals surface area (Å²) in [5, 5.41) is 3.61. The third-order valence-corrected chi connectivity index (χ3v) is 5.93. The molecular weight excluding hydrogens is 443 g/mol. The molecule has 0 unspecified atom stereocenters. The van der Waals surface area contributed by atoms with Gasteiger partial charge in [-0.15, -0.1) is 11.3 Å². The lowest BCUT2D eigenvalue weighted by Gasteiger charge is -2.12. The Morgan fingerprint density at radius 1 is 0.970 bits per heavy atom. The summed E-state index contributed by atoms with van der Waals surface area (Å²) in [4.78, 5) is 16.9. The monoisotopic (exact) mass is 464 g/mol. The fourth-order valence-electron chi connectivity index (χ4n) is 3.27. The number of ether oxygens (including phenoxy) is 3. The van der Waals surface area contributed by atoms with Crippen molar-refractivity contribution in [3.63, 3.8) is 0 Å². The molecule has 0 radical (unpaired) electrons. The van der Waals surface area contributed by atoms with Crippen molar-refractivity contribution in [1.82, 2.24) is 4.98 Å². The fraction of sp³-hybridized carbons (Fsp3) is 0.120. The Bertz CT molecular complexity index is 1310. The molecule has 1 N–H and O–H groups in total. The third kappa shape index (κ3) is 4.96. The lowest BCUT2D eigenvalue weighted by Crippen LogP contribution is -2.07. The quantitative estimate of drug-likeness (QED) is 0.351. The number of amides is 1. The highest BCUT2D eigenvalue weighted by Crippen LogP contribution is 2.38. The number of aromatic nitrogens is 1. The number of hydrogen-bond donors (Lipinski definition) is 1. The predicted molar refractivity (Wildman–Crippen MR) is 129 cm³/mol. The molecular formula is C25H21FN2O4S. The highest BCUT2D eigenvalue weighted by Gasteiger charge is 2.12. The number of fused-ring (bicyclic) bond motifs is 1. The van der Waals surface area contributed by atoms with Crippen LogP contribution in [0.3, 0.4) is 0 Å². The maximum Gasteiger partial charge on any atom is 0.248 e. The largest absolute Gasteiger partial charge is 0.493 e. The maximum absolute atomic E-state index is 13.4. The van der Waals surface area contributed by atoms with Crippen molar-refractivity contribution in [1.29, 1.82) is 0 Å². The first-order chi connectivity index (χ1) is 16.0. The fourth-order valence-corrected chi connectivity index (χ4v) is 4.27. The zero-order chi connectivity index (χ0) is 23.4. The van der Waals surface area contributed by atoms with E-state index in [1.165, 1.54) is 50.9 Å². The van der Waals surface area contributed by atoms with Gasteiger partial charge in [-0.1, -0.05) is 0 Å². The molecule has 1 heterocycles. The van der Waals surface area contributed by atoms with Gasteiger partial charge in [0.2, 0.25) is 11.7 Å². The van der Waals surface area contributed by atoms with E-state index in [1.807, 2.05) is 12.1 Å². The summed E-state index contributed by atoms with van der Waals surface area (Å²) in [6, 6.07) is 15.4. The Morgan fingerprint density at radius 3 is 2.30 bits per heavy atom. The Labute approximate surface area is 194 Å². The van der Waals surface area contributed by atoms with E-state index in [4.69, 9.17) is 14.2 Å². The molecule has 0 fully saturated rings. The van der Waals surface area contributed by atoms with Crippen molar-refractivity contribution in [3.8, 4) is 27.8 Å². The average molecular weight is 465 g/mol. The van der Waals surface area contributed by atoms with Crippen molar-refractivity contribution in [2.45, 2.75) is 0 Å². The molecule has 0 atom stereocenters. The summed E-state index contributed by atoms with van der Waals surface area (Å²) < 4.78 is 30.2. The van der Waals surface area contributed by atoms with Crippen LogP contribution in [-0.2, 0) is 4.79 Å². The number of carbonyl (C=O) groups excluding carboxylic acids is 1. The topological polar surface area (TPSA) is 69.7 Å². The second-order valence-corrected chi connectivity index (χ2v) is 8.02. The van der Waals surface area contributed by atoms with E-state index in [2.05, 4.69) is 10.3 Å². The maximum atomic E-state index is 13.4. The number of anilines is 1. The van der Waals surface area contributed by atoms with Gasteiger partial charge in [0.25, 0.3) is 0 Å². The van der Waals surface area contributed by atoms with Gasteiger partial charge in [0.05, 0.1) is 31.5 Å². The molecule has 3 aromatic carbocycles. The first kappa shape index (κ1) is 22.3. The van der Waals surface area contributed by atoms with Crippen LogP contribution in [-0.4, -0.2) is 32.2 Å². The number of methoxy groups -OCH3 is 3. The number of rotatable bonds is 7. The molecule has 33 heavy (non-hydrogen) atoms. The van der Waals surface area contributed by atoms with Gasteiger partial charge >= 0.3 is 0 Å². The van der Waals surface area contributed by atoms with Crippen molar-refractivity contribution < 1.29 is 23.4 Å². The second kappa shape index (κ2) is 9.70. The van der Waals surface area contributed by atoms with Crippen LogP contribution in [0.15, 0.2) is 60.7 Å². The van der Waals surface area contributed by atoms with E-state index in [-0.39, 0.29) is 11.7 Å². The number of thiazole rings is 1. The number of hydrogen-bond acceptors (Lipinski definition) is 6. The summed E-state index contributed by atoms with van der Waals surface area (Å²) in [5.74, 6) is 0.928. The Morgan fingerprint density at radius 2 is 1.67 bits per heavy atom. The van der Waals surface area contributed by atoms with E-state index in [1.54, 1.807) is 36.4 Å². The van der Waals surface area contributed by atoms with Gasteiger partial charge in [-0.25, -0.2) is 9.37 Å². The van der Waals surface area contributed by atoms with E-state index in [0.29, 0.717) is 22.9 Å². The van der Waals surface area contributed by atoms with Crippen LogP contribution in [0.5, 0.6) is 17.2 Å². The highest BCUT2D eigenvalue weighted by molar-refractivity contribution is 7.21. The van der Waals surface area contributed by atoms with E-state index in [0.717, 1.165) is 26.4 Å². The molecule has 0 aliphatic carbocycles. The molecule has 6 nitrogen and oxygen atoms in total. The minimum absolute atomic E-state index is 0.282. The van der Waals surface area contributed by atoms with Crippen LogP contribution in [0.25, 0.3) is 26.9 Å². The number of halogens is 1. The Balaban J connectivity index is 1.46. The molecule has 0 saturated heterocycles. The van der Waals surface area contributed by atoms with Crippen LogP contribution >= 0.6 is 11.3 Å². The van der Waals surface area contributed by atoms with Gasteiger partial charge in [0, 0.05) is 17.3 Å². The summed E-state index contributed by atoms with van der Waals surface area (Å²) in [6.45, 7) is 0. The second-order valence-electron chi connectivity index (χ2n) is 6.99. The van der Waals surface area contributed by atoms with E-state index >= 15 is 0 Å². The standard InChI is InChI=1S/C25H21FN2O4S/c1-30-20-12-15(13-21(31-2)24(20)32-3)4-11-23(29)27-18-8-5-16(6-9-18)25-28-19-10-7-17(26)14-22(19)33-25/h4-14H,1-3H3,(H,27,29)/b11-4+. The lowest BCUT2D eigenvalue weighted by molar-refractivity contribution is -0.111. The Hall–Kier alpha value is -3.91. The lowest BCUT2D eigenvalue weighted by atomic mass is 10.1. The molecule has 0 bridgehead atoms. The highest BCUT2D eigenvalue weighted by atomic mass is 32.1. The van der Waals surface area contributed by atoms with Gasteiger partial charge < -0.3 is 19.5 Å². The van der Waals surface area contributed by atoms with Crippen molar-refractivity contribution >= 4 is 39.2 Å². The summed E-state index contributed by atoms with van der Waals surface area (Å²) in [6.07, 6.45) is 3.09. The van der Waals surface area contributed by atoms with Crippen LogP contribution in [0, 0.1) is 5.82 Å². The molecule has 0 spiro atoms. The van der Waals surface area contributed by atoms with E-state index in [9.17, 15) is 9.18 Å². The van der Waals surface area contributed by atoms with Crippen LogP contribution < -0.4 is 19.5 Å². The van der Waals surface area contributed by atoms with Crippen molar-refractivity contribution in [2.75, 3.05) is 26.6 Å². The van der Waals surface area contributed by atoms with Crippen LogP contribution in [0.2, 0.25) is 0 Å². The minimum Gasteiger partial charge on any atom is -0.493 e. The molecule has 0 aliphatic rings. The number of nitrogens with zero attached hydrogens (tertiary/aromatic N) is 1. The van der Waals surface area contributed by atoms with Crippen molar-refractivity contribution in [3.05, 3.63) is 72.1 Å². The van der Waals surface area contributed by atoms with Crippen molar-refractivity contribution in [2.24, 2.45) is 0 Å². The first-order valence-corrected chi connectivity index (χ1v) is 10.8. The minimum atomic E-state index is -0.285. The zero-order valence-electron chi connectivity index (χ0n) is 18.2. The summed E-state index contributed by atoms with van der Waals surface area (Å²) in [7, 11) is 4.60. The smallest absolute Gasteiger partial charge is 0.248 e. The van der Waals surface area contributed by atoms with Gasteiger partial charge in [-0.05, 0) is 66.2 Å². The molecule has 4 rings (SSSR count). The molecule has 1 amide bonds. The first-order valence-electron chi connectivity index (χ1n) is 9.96. The summed E-state index contributed by atoms with van der Waals surface area (Å²) >= 11 is 1.42. The predicted octanol–water partition coefficient (Wildman–Crippen LogP) is 5.78. The SMILES string of the molecule is COc1cc(/C=C/C(=O)Nc2ccc(-c3nc4ccc(F)cc4s3)cc2)cc(OC)c1OC. The Kier molecular flexibility index (Phi) is 6.55. The number of benzene rings is 3. The molecule has 1 aromatic heterocycles. The van der Waals surface area contributed by atoms with Gasteiger partial charge in [0.1, 0.15) is 10.8 Å². The van der Waals surface area contributed by atoms with Gasteiger partial charge in [0.15, 0.2) is 11.5 Å². The third-order valence-electron chi connectivity index (χ3n) is 4.86. The van der Waals surface area contributed by atoms with Crippen LogP contribution in [0.4, 0.5) is 10.1 Å². The number of nitrogens with one attached hydrogen (secondary N) is 1. The molecule has 8 heteroatoms. The number of carbonyl (C=O) groups is 1. The average Bonchev–Trinajstić information content (AvgIpc) is 3.25. The molecule has 0 aliphatic heterocycles. The molecule has 0 saturated carbocycles. The molecule has 4 aromatic rings. The normalized spacial score (nSPS) is 11.0. The van der Waals surface area contributed by atoms with E-state index < -0.39 is 0 Å². The van der Waals surface area contributed by atoms with Gasteiger partial charge in [-0.2, -0.15) is 0 Å². The van der Waals surface area contributed by atoms with Crippen LogP contribution in [0.1, 0.15) is 5.56 Å². The summed E-state index contributed by atoms with van der Waals surface area (Å²) in [5.41, 5.74) is 3.01. The molecule has 168 valence electrons.